The molecular weight excluding hydrogens is 240 g/mol. The summed E-state index contributed by atoms with van der Waals surface area (Å²) < 4.78 is 12.0. The van der Waals surface area contributed by atoms with Gasteiger partial charge in [-0.15, -0.1) is 6.58 Å². The lowest BCUT2D eigenvalue weighted by atomic mass is 10.2. The number of rotatable bonds is 8. The first-order chi connectivity index (χ1) is 8.61. The van der Waals surface area contributed by atoms with Gasteiger partial charge in [-0.3, -0.25) is 0 Å². The Morgan fingerprint density at radius 3 is 2.61 bits per heavy atom. The predicted octanol–water partition coefficient (Wildman–Crippen LogP) is 4.38. The summed E-state index contributed by atoms with van der Waals surface area (Å²) in [5, 5.41) is 0. The summed E-state index contributed by atoms with van der Waals surface area (Å²) in [6.07, 6.45) is 3.49. The molecule has 0 aliphatic heterocycles. The molecule has 0 spiro atoms. The molecule has 1 aromatic carbocycles. The Balaban J connectivity index is 2.59. The molecule has 0 N–H and O–H groups in total. The molecule has 1 unspecified atom stereocenters. The van der Waals surface area contributed by atoms with Crippen molar-refractivity contribution in [2.24, 2.45) is 0 Å². The fraction of sp³-hybridized carbons (Fsp3) is 0.467. The number of unbranched alkanes of at least 4 members (excludes halogenated alkanes) is 2. The molecular formula is C15H24O2Si. The van der Waals surface area contributed by atoms with Crippen molar-refractivity contribution in [2.75, 3.05) is 6.61 Å². The first-order valence-corrected chi connectivity index (χ1v) is 9.03. The molecule has 1 atom stereocenters. The Morgan fingerprint density at radius 1 is 1.28 bits per heavy atom. The standard InChI is InChI=1S/C15H24O2Si/c1-5-7-10-13-16-18(4,6-2)17-15-12-9-8-11-14(15)3/h6,8-9,11-12H,2,5,7,10,13H2,1,3-4H3. The molecule has 0 radical (unpaired) electrons. The van der Waals surface area contributed by atoms with Crippen LogP contribution < -0.4 is 4.43 Å². The zero-order valence-corrected chi connectivity index (χ0v) is 12.7. The topological polar surface area (TPSA) is 18.5 Å². The van der Waals surface area contributed by atoms with Crippen LogP contribution in [0.4, 0.5) is 0 Å². The normalized spacial score (nSPS) is 13.9. The van der Waals surface area contributed by atoms with Crippen LogP contribution in [0.3, 0.4) is 0 Å². The molecule has 18 heavy (non-hydrogen) atoms. The SMILES string of the molecule is C=C[Si](C)(OCCCCC)Oc1ccccc1C. The van der Waals surface area contributed by atoms with Crippen molar-refractivity contribution >= 4 is 8.56 Å². The molecule has 2 nitrogen and oxygen atoms in total. The van der Waals surface area contributed by atoms with Gasteiger partial charge in [0, 0.05) is 6.61 Å². The minimum atomic E-state index is -2.28. The van der Waals surface area contributed by atoms with Gasteiger partial charge in [0.25, 0.3) is 0 Å². The van der Waals surface area contributed by atoms with Gasteiger partial charge in [-0.25, -0.2) is 0 Å². The van der Waals surface area contributed by atoms with E-state index in [9.17, 15) is 0 Å². The molecule has 0 heterocycles. The summed E-state index contributed by atoms with van der Waals surface area (Å²) in [6.45, 7) is 10.9. The lowest BCUT2D eigenvalue weighted by Gasteiger charge is -2.25. The summed E-state index contributed by atoms with van der Waals surface area (Å²) >= 11 is 0. The van der Waals surface area contributed by atoms with Crippen LogP contribution in [0, 0.1) is 6.92 Å². The molecule has 0 saturated heterocycles. The minimum absolute atomic E-state index is 0.758. The summed E-state index contributed by atoms with van der Waals surface area (Å²) in [4.78, 5) is 0. The molecule has 0 aliphatic carbocycles. The van der Waals surface area contributed by atoms with E-state index in [-0.39, 0.29) is 0 Å². The van der Waals surface area contributed by atoms with Crippen LogP contribution in [0.1, 0.15) is 31.7 Å². The van der Waals surface area contributed by atoms with Crippen LogP contribution >= 0.6 is 0 Å². The van der Waals surface area contributed by atoms with Crippen molar-refractivity contribution in [3.05, 3.63) is 42.1 Å². The molecule has 0 fully saturated rings. The Kier molecular flexibility index (Phi) is 6.16. The van der Waals surface area contributed by atoms with E-state index >= 15 is 0 Å². The third-order valence-corrected chi connectivity index (χ3v) is 5.06. The monoisotopic (exact) mass is 264 g/mol. The van der Waals surface area contributed by atoms with Gasteiger partial charge in [0.2, 0.25) is 0 Å². The Labute approximate surface area is 112 Å². The molecule has 0 amide bonds. The van der Waals surface area contributed by atoms with Crippen molar-refractivity contribution in [2.45, 2.75) is 39.7 Å². The van der Waals surface area contributed by atoms with Crippen molar-refractivity contribution in [3.63, 3.8) is 0 Å². The number of aryl methyl sites for hydroxylation is 1. The fourth-order valence-corrected chi connectivity index (χ4v) is 3.12. The van der Waals surface area contributed by atoms with Gasteiger partial charge in [-0.05, 0) is 37.2 Å². The summed E-state index contributed by atoms with van der Waals surface area (Å²) in [5.41, 5.74) is 2.99. The van der Waals surface area contributed by atoms with Crippen LogP contribution in [0.25, 0.3) is 0 Å². The van der Waals surface area contributed by atoms with Crippen molar-refractivity contribution in [1.82, 2.24) is 0 Å². The number of hydrogen-bond donors (Lipinski definition) is 0. The third-order valence-electron chi connectivity index (χ3n) is 2.91. The van der Waals surface area contributed by atoms with Crippen LogP contribution in [0.2, 0.25) is 6.55 Å². The molecule has 100 valence electrons. The van der Waals surface area contributed by atoms with E-state index in [0.29, 0.717) is 0 Å². The van der Waals surface area contributed by atoms with Crippen LogP contribution in [0.15, 0.2) is 36.5 Å². The highest BCUT2D eigenvalue weighted by Crippen LogP contribution is 2.21. The van der Waals surface area contributed by atoms with E-state index in [1.54, 1.807) is 0 Å². The van der Waals surface area contributed by atoms with Crippen molar-refractivity contribution in [3.8, 4) is 5.75 Å². The van der Waals surface area contributed by atoms with E-state index < -0.39 is 8.56 Å². The number of para-hydroxylation sites is 1. The summed E-state index contributed by atoms with van der Waals surface area (Å²) in [5.74, 6) is 0.905. The molecule has 3 heteroatoms. The molecule has 1 rings (SSSR count). The second-order valence-electron chi connectivity index (χ2n) is 4.64. The van der Waals surface area contributed by atoms with E-state index in [4.69, 9.17) is 8.85 Å². The van der Waals surface area contributed by atoms with E-state index in [1.807, 2.05) is 43.4 Å². The lowest BCUT2D eigenvalue weighted by Crippen LogP contribution is -2.40. The molecule has 0 aliphatic rings. The first kappa shape index (κ1) is 15.0. The number of benzene rings is 1. The van der Waals surface area contributed by atoms with E-state index in [2.05, 4.69) is 13.5 Å². The average Bonchev–Trinajstić information content (AvgIpc) is 2.38. The number of hydrogen-bond acceptors (Lipinski definition) is 2. The zero-order chi connectivity index (χ0) is 13.4. The van der Waals surface area contributed by atoms with Gasteiger partial charge in [0.15, 0.2) is 0 Å². The van der Waals surface area contributed by atoms with Gasteiger partial charge in [0.1, 0.15) is 5.75 Å². The smallest absolute Gasteiger partial charge is 0.422 e. The Morgan fingerprint density at radius 2 is 2.00 bits per heavy atom. The average molecular weight is 264 g/mol. The lowest BCUT2D eigenvalue weighted by molar-refractivity contribution is 0.246. The highest BCUT2D eigenvalue weighted by atomic mass is 28.4. The zero-order valence-electron chi connectivity index (χ0n) is 11.7. The fourth-order valence-electron chi connectivity index (χ4n) is 1.65. The second-order valence-corrected chi connectivity index (χ2v) is 7.58. The van der Waals surface area contributed by atoms with Gasteiger partial charge in [-0.1, -0.05) is 38.0 Å². The maximum absolute atomic E-state index is 6.06. The molecule has 1 aromatic rings. The highest BCUT2D eigenvalue weighted by Gasteiger charge is 2.30. The van der Waals surface area contributed by atoms with E-state index in [0.717, 1.165) is 24.3 Å². The first-order valence-electron chi connectivity index (χ1n) is 6.63. The largest absolute Gasteiger partial charge is 0.517 e. The maximum Gasteiger partial charge on any atom is 0.422 e. The molecule has 0 aromatic heterocycles. The Hall–Kier alpha value is -1.06. The van der Waals surface area contributed by atoms with Crippen LogP contribution in [-0.2, 0) is 4.43 Å². The van der Waals surface area contributed by atoms with Crippen molar-refractivity contribution < 1.29 is 8.85 Å². The third kappa shape index (κ3) is 4.67. The molecule has 0 bridgehead atoms. The minimum Gasteiger partial charge on any atom is -0.517 e. The highest BCUT2D eigenvalue weighted by molar-refractivity contribution is 6.71. The summed E-state index contributed by atoms with van der Waals surface area (Å²) in [7, 11) is -2.28. The van der Waals surface area contributed by atoms with Crippen LogP contribution in [0.5, 0.6) is 5.75 Å². The quantitative estimate of drug-likeness (QED) is 0.512. The predicted molar refractivity (Wildman–Crippen MR) is 79.1 cm³/mol. The maximum atomic E-state index is 6.06. The van der Waals surface area contributed by atoms with E-state index in [1.165, 1.54) is 12.8 Å². The van der Waals surface area contributed by atoms with Crippen LogP contribution in [-0.4, -0.2) is 15.2 Å². The second kappa shape index (κ2) is 7.39. The molecule has 0 saturated carbocycles. The van der Waals surface area contributed by atoms with Gasteiger partial charge in [-0.2, -0.15) is 0 Å². The van der Waals surface area contributed by atoms with Gasteiger partial charge in [0.05, 0.1) is 0 Å². The van der Waals surface area contributed by atoms with Gasteiger partial charge >= 0.3 is 8.56 Å². The summed E-state index contributed by atoms with van der Waals surface area (Å²) in [6, 6.07) is 8.03. The van der Waals surface area contributed by atoms with Crippen molar-refractivity contribution in [1.29, 1.82) is 0 Å². The Bertz CT molecular complexity index is 379. The van der Waals surface area contributed by atoms with Gasteiger partial charge < -0.3 is 8.85 Å².